The molecule has 0 rings (SSSR count). The molecule has 4 heteroatoms. The lowest BCUT2D eigenvalue weighted by atomic mass is 10.5. The van der Waals surface area contributed by atoms with Crippen LogP contribution in [0.2, 0.25) is 43.8 Å². The van der Waals surface area contributed by atoms with Gasteiger partial charge in [0.15, 0.2) is 0 Å². The predicted molar refractivity (Wildman–Crippen MR) is 90.1 cm³/mol. The Bertz CT molecular complexity index is 304. The fourth-order valence-corrected chi connectivity index (χ4v) is 7.16. The topological polar surface area (TPSA) is 26.3 Å². The summed E-state index contributed by atoms with van der Waals surface area (Å²) in [6.45, 7) is 16.1. The van der Waals surface area contributed by atoms with Crippen LogP contribution in [0.1, 0.15) is 27.7 Å². The van der Waals surface area contributed by atoms with E-state index in [1.54, 1.807) is 0 Å². The van der Waals surface area contributed by atoms with Crippen LogP contribution in [-0.4, -0.2) is 28.7 Å². The number of ether oxygens (including phenoxy) is 1. The zero-order valence-electron chi connectivity index (χ0n) is 13.9. The van der Waals surface area contributed by atoms with E-state index in [1.165, 1.54) is 0 Å². The Morgan fingerprint density at radius 1 is 1.00 bits per heavy atom. The normalized spacial score (nSPS) is 13.5. The van der Waals surface area contributed by atoms with Crippen molar-refractivity contribution in [2.45, 2.75) is 71.5 Å². The van der Waals surface area contributed by atoms with E-state index in [1.807, 2.05) is 6.92 Å². The van der Waals surface area contributed by atoms with E-state index in [9.17, 15) is 4.79 Å². The average Bonchev–Trinajstić information content (AvgIpc) is 2.34. The quantitative estimate of drug-likeness (QED) is 0.363. The fraction of sp³-hybridized carbons (Fsp3) is 0.800. The number of hydrogen-bond acceptors (Lipinski definition) is 2. The molecule has 0 saturated carbocycles. The summed E-state index contributed by atoms with van der Waals surface area (Å²) < 4.78 is 5.32. The van der Waals surface area contributed by atoms with Crippen molar-refractivity contribution in [2.24, 2.45) is 0 Å². The number of esters is 1. The highest BCUT2D eigenvalue weighted by Gasteiger charge is 2.36. The molecule has 0 radical (unpaired) electrons. The molecule has 0 aromatic carbocycles. The fourth-order valence-electron chi connectivity index (χ4n) is 2.45. The molecule has 0 spiro atoms. The summed E-state index contributed by atoms with van der Waals surface area (Å²) >= 11 is 0. The smallest absolute Gasteiger partial charge is 0.329 e. The van der Waals surface area contributed by atoms with Crippen molar-refractivity contribution in [1.29, 1.82) is 0 Å². The van der Waals surface area contributed by atoms with Crippen molar-refractivity contribution >= 4 is 22.1 Å². The first-order valence-electron chi connectivity index (χ1n) is 7.64. The largest absolute Gasteiger partial charge is 0.463 e. The molecule has 0 heterocycles. The Morgan fingerprint density at radius 2 is 1.47 bits per heavy atom. The molecule has 0 unspecified atom stereocenters. The number of rotatable bonds is 8. The number of hydrogen-bond donors (Lipinski definition) is 0. The maximum absolute atomic E-state index is 12.3. The first-order valence-corrected chi connectivity index (χ1v) is 14.0. The average molecular weight is 301 g/mol. The summed E-state index contributed by atoms with van der Waals surface area (Å²) in [6.07, 6.45) is 2.24. The van der Waals surface area contributed by atoms with Crippen molar-refractivity contribution < 1.29 is 9.53 Å². The molecule has 19 heavy (non-hydrogen) atoms. The third-order valence-corrected chi connectivity index (χ3v) is 11.1. The third kappa shape index (κ3) is 5.65. The van der Waals surface area contributed by atoms with Gasteiger partial charge in [-0.1, -0.05) is 64.6 Å². The molecule has 0 N–H and O–H groups in total. The predicted octanol–water partition coefficient (Wildman–Crippen LogP) is 4.86. The second-order valence-electron chi connectivity index (χ2n) is 6.44. The highest BCUT2D eigenvalue weighted by Crippen LogP contribution is 2.30. The van der Waals surface area contributed by atoms with Gasteiger partial charge in [-0.3, -0.25) is 0 Å². The molecule has 0 amide bonds. The van der Waals surface area contributed by atoms with E-state index in [2.05, 4.69) is 46.5 Å². The minimum Gasteiger partial charge on any atom is -0.463 e. The van der Waals surface area contributed by atoms with Crippen LogP contribution in [0.15, 0.2) is 11.3 Å². The molecule has 0 aliphatic carbocycles. The minimum atomic E-state index is -1.64. The van der Waals surface area contributed by atoms with Gasteiger partial charge in [-0.15, -0.1) is 0 Å². The van der Waals surface area contributed by atoms with Gasteiger partial charge in [0, 0.05) is 13.3 Å². The van der Waals surface area contributed by atoms with Crippen LogP contribution in [0.5, 0.6) is 0 Å². The summed E-state index contributed by atoms with van der Waals surface area (Å²) in [6, 6.07) is 4.49. The zero-order valence-corrected chi connectivity index (χ0v) is 15.9. The Morgan fingerprint density at radius 3 is 1.79 bits per heavy atom. The van der Waals surface area contributed by atoms with Crippen LogP contribution in [0.3, 0.4) is 0 Å². The zero-order chi connectivity index (χ0) is 15.1. The van der Waals surface area contributed by atoms with Gasteiger partial charge in [0.05, 0.1) is 14.7 Å². The summed E-state index contributed by atoms with van der Waals surface area (Å²) in [5.74, 6) is -0.0435. The van der Waals surface area contributed by atoms with Crippen molar-refractivity contribution in [3.63, 3.8) is 0 Å². The van der Waals surface area contributed by atoms with Gasteiger partial charge in [-0.2, -0.15) is 0 Å². The summed E-state index contributed by atoms with van der Waals surface area (Å²) in [4.78, 5) is 12.3. The van der Waals surface area contributed by atoms with Gasteiger partial charge in [-0.25, -0.2) is 4.79 Å². The molecule has 0 aromatic rings. The van der Waals surface area contributed by atoms with Gasteiger partial charge in [0.1, 0.15) is 0 Å². The molecule has 0 aliphatic rings. The van der Waals surface area contributed by atoms with E-state index >= 15 is 0 Å². The first kappa shape index (κ1) is 18.6. The van der Waals surface area contributed by atoms with E-state index < -0.39 is 16.1 Å². The van der Waals surface area contributed by atoms with Crippen molar-refractivity contribution in [2.75, 3.05) is 6.61 Å². The monoisotopic (exact) mass is 300 g/mol. The molecule has 112 valence electrons. The number of carbonyl (C=O) groups is 1. The molecule has 2 nitrogen and oxygen atoms in total. The maximum atomic E-state index is 12.3. The molecular weight excluding hydrogens is 268 g/mol. The second-order valence-corrected chi connectivity index (χ2v) is 17.2. The van der Waals surface area contributed by atoms with Crippen LogP contribution in [0.4, 0.5) is 0 Å². The first-order chi connectivity index (χ1) is 8.76. The molecule has 0 fully saturated rings. The minimum absolute atomic E-state index is 0.0435. The SMILES string of the molecule is CCOC(=O)/C(=C\C[Si](C)(C)C)[Si](CC)(CC)CC. The van der Waals surface area contributed by atoms with Crippen LogP contribution in [0.25, 0.3) is 0 Å². The lowest BCUT2D eigenvalue weighted by molar-refractivity contribution is -0.137. The second kappa shape index (κ2) is 8.05. The number of carbonyl (C=O) groups excluding carboxylic acids is 1. The van der Waals surface area contributed by atoms with Crippen molar-refractivity contribution in [3.8, 4) is 0 Å². The molecular formula is C15H32O2Si2. The Hall–Kier alpha value is -0.356. The summed E-state index contributed by atoms with van der Waals surface area (Å²) in [5.41, 5.74) is 0. The van der Waals surface area contributed by atoms with Crippen molar-refractivity contribution in [1.82, 2.24) is 0 Å². The van der Waals surface area contributed by atoms with Gasteiger partial charge >= 0.3 is 5.97 Å². The van der Waals surface area contributed by atoms with E-state index in [4.69, 9.17) is 4.74 Å². The lowest BCUT2D eigenvalue weighted by Gasteiger charge is -2.30. The van der Waals surface area contributed by atoms with Gasteiger partial charge in [0.2, 0.25) is 0 Å². The molecule has 0 aliphatic heterocycles. The maximum Gasteiger partial charge on any atom is 0.329 e. The standard InChI is InChI=1S/C15H32O2Si2/c1-8-17-15(16)14(12-13-18(5,6)7)19(9-2,10-3)11-4/h12H,8-11,13H2,1-7H3/b14-12+. The van der Waals surface area contributed by atoms with Crippen LogP contribution >= 0.6 is 0 Å². The lowest BCUT2D eigenvalue weighted by Crippen LogP contribution is -2.39. The van der Waals surface area contributed by atoms with E-state index in [-0.39, 0.29) is 5.97 Å². The van der Waals surface area contributed by atoms with Crippen molar-refractivity contribution in [3.05, 3.63) is 11.3 Å². The van der Waals surface area contributed by atoms with Crippen LogP contribution in [0, 0.1) is 0 Å². The number of allylic oxidation sites excluding steroid dienone is 1. The summed E-state index contributed by atoms with van der Waals surface area (Å²) in [5, 5.41) is 1.06. The van der Waals surface area contributed by atoms with E-state index in [0.717, 1.165) is 29.4 Å². The molecule has 0 atom stereocenters. The molecule has 0 aromatic heterocycles. The highest BCUT2D eigenvalue weighted by atomic mass is 28.3. The Kier molecular flexibility index (Phi) is 7.90. The van der Waals surface area contributed by atoms with Gasteiger partial charge in [-0.05, 0) is 13.0 Å². The third-order valence-electron chi connectivity index (χ3n) is 4.02. The Balaban J connectivity index is 5.43. The molecule has 0 saturated heterocycles. The Labute approximate surface area is 121 Å². The van der Waals surface area contributed by atoms with Gasteiger partial charge in [0.25, 0.3) is 0 Å². The van der Waals surface area contributed by atoms with Crippen LogP contribution in [-0.2, 0) is 9.53 Å². The molecule has 0 bridgehead atoms. The van der Waals surface area contributed by atoms with Crippen LogP contribution < -0.4 is 0 Å². The van der Waals surface area contributed by atoms with E-state index in [0.29, 0.717) is 6.61 Å². The highest BCUT2D eigenvalue weighted by molar-refractivity contribution is 6.90. The summed E-state index contributed by atoms with van der Waals surface area (Å²) in [7, 11) is -2.81. The van der Waals surface area contributed by atoms with Gasteiger partial charge < -0.3 is 4.74 Å².